The number of aryl methyl sites for hydroxylation is 1. The molecule has 4 heteroatoms. The van der Waals surface area contributed by atoms with Crippen LogP contribution < -0.4 is 14.5 Å². The summed E-state index contributed by atoms with van der Waals surface area (Å²) in [7, 11) is 1.66. The number of piperazine rings is 1. The van der Waals surface area contributed by atoms with E-state index in [1.165, 1.54) is 29.1 Å². The molecular weight excluding hydrogens is 300 g/mol. The summed E-state index contributed by atoms with van der Waals surface area (Å²) in [5.41, 5.74) is 3.75. The van der Waals surface area contributed by atoms with E-state index in [9.17, 15) is 5.11 Å². The molecule has 0 aliphatic carbocycles. The molecule has 24 heavy (non-hydrogen) atoms. The lowest BCUT2D eigenvalue weighted by atomic mass is 10.1. The van der Waals surface area contributed by atoms with E-state index < -0.39 is 0 Å². The standard InChI is InChI=1S/C20H26N2O2/c1-16-4-3-5-17(12-16)14-21-8-10-22(11-9-21)15-18-13-19(24-2)6-7-20(18)23/h3-7,12-13,23H,8-11,14-15H2,1-2H3/p+2. The Balaban J connectivity index is 1.54. The topological polar surface area (TPSA) is 38.3 Å². The molecule has 0 unspecified atom stereocenters. The zero-order valence-corrected chi connectivity index (χ0v) is 14.6. The minimum absolute atomic E-state index is 0.373. The number of aromatic hydroxyl groups is 1. The lowest BCUT2D eigenvalue weighted by molar-refractivity contribution is -1.02. The highest BCUT2D eigenvalue weighted by atomic mass is 16.5. The summed E-state index contributed by atoms with van der Waals surface area (Å²) >= 11 is 0. The smallest absolute Gasteiger partial charge is 0.127 e. The predicted molar refractivity (Wildman–Crippen MR) is 94.6 cm³/mol. The molecule has 3 rings (SSSR count). The fourth-order valence-corrected chi connectivity index (χ4v) is 3.52. The first kappa shape index (κ1) is 16.8. The van der Waals surface area contributed by atoms with Gasteiger partial charge in [-0.3, -0.25) is 0 Å². The van der Waals surface area contributed by atoms with Gasteiger partial charge in [0.25, 0.3) is 0 Å². The molecule has 1 aliphatic heterocycles. The summed E-state index contributed by atoms with van der Waals surface area (Å²) in [6.45, 7) is 8.75. The largest absolute Gasteiger partial charge is 0.507 e. The minimum atomic E-state index is 0.373. The summed E-state index contributed by atoms with van der Waals surface area (Å²) < 4.78 is 5.27. The molecule has 0 radical (unpaired) electrons. The van der Waals surface area contributed by atoms with Gasteiger partial charge in [-0.2, -0.15) is 0 Å². The highest BCUT2D eigenvalue weighted by molar-refractivity contribution is 5.38. The Morgan fingerprint density at radius 2 is 1.67 bits per heavy atom. The van der Waals surface area contributed by atoms with E-state index in [0.717, 1.165) is 37.5 Å². The Morgan fingerprint density at radius 1 is 0.958 bits per heavy atom. The number of methoxy groups -OCH3 is 1. The zero-order chi connectivity index (χ0) is 16.9. The molecule has 0 spiro atoms. The van der Waals surface area contributed by atoms with Crippen LogP contribution in [0.3, 0.4) is 0 Å². The van der Waals surface area contributed by atoms with Crippen LogP contribution >= 0.6 is 0 Å². The van der Waals surface area contributed by atoms with Gasteiger partial charge in [0.05, 0.1) is 12.7 Å². The van der Waals surface area contributed by atoms with Crippen LogP contribution in [0.4, 0.5) is 0 Å². The second-order valence-corrected chi connectivity index (χ2v) is 6.84. The molecular formula is C20H28N2O2+2. The number of rotatable bonds is 5. The van der Waals surface area contributed by atoms with Gasteiger partial charge in [0.15, 0.2) is 0 Å². The highest BCUT2D eigenvalue weighted by Gasteiger charge is 2.24. The van der Waals surface area contributed by atoms with Crippen molar-refractivity contribution in [2.75, 3.05) is 33.3 Å². The van der Waals surface area contributed by atoms with Crippen molar-refractivity contribution in [2.45, 2.75) is 20.0 Å². The van der Waals surface area contributed by atoms with Gasteiger partial charge < -0.3 is 19.6 Å². The maximum Gasteiger partial charge on any atom is 0.127 e. The minimum Gasteiger partial charge on any atom is -0.507 e. The van der Waals surface area contributed by atoms with Crippen LogP contribution in [0.25, 0.3) is 0 Å². The van der Waals surface area contributed by atoms with Gasteiger partial charge in [0.1, 0.15) is 50.8 Å². The van der Waals surface area contributed by atoms with Crippen LogP contribution in [0.2, 0.25) is 0 Å². The first-order valence-electron chi connectivity index (χ1n) is 8.72. The zero-order valence-electron chi connectivity index (χ0n) is 14.6. The van der Waals surface area contributed by atoms with Crippen molar-refractivity contribution in [1.29, 1.82) is 0 Å². The number of nitrogens with one attached hydrogen (secondary N) is 2. The third-order valence-electron chi connectivity index (χ3n) is 4.93. The van der Waals surface area contributed by atoms with Crippen LogP contribution in [0.5, 0.6) is 11.5 Å². The molecule has 0 aromatic heterocycles. The SMILES string of the molecule is COc1ccc(O)c(C[NH+]2CC[NH+](Cc3cccc(C)c3)CC2)c1. The maximum absolute atomic E-state index is 10.1. The van der Waals surface area contributed by atoms with E-state index in [-0.39, 0.29) is 0 Å². The van der Waals surface area contributed by atoms with Crippen LogP contribution in [0, 0.1) is 6.92 Å². The quantitative estimate of drug-likeness (QED) is 0.733. The van der Waals surface area contributed by atoms with Crippen LogP contribution in [0.15, 0.2) is 42.5 Å². The number of hydrogen-bond acceptors (Lipinski definition) is 2. The van der Waals surface area contributed by atoms with Crippen molar-refractivity contribution in [3.63, 3.8) is 0 Å². The van der Waals surface area contributed by atoms with Crippen LogP contribution in [-0.2, 0) is 13.1 Å². The van der Waals surface area contributed by atoms with Crippen LogP contribution in [0.1, 0.15) is 16.7 Å². The average Bonchev–Trinajstić information content (AvgIpc) is 2.58. The Labute approximate surface area is 144 Å². The molecule has 0 bridgehead atoms. The molecule has 1 heterocycles. The summed E-state index contributed by atoms with van der Waals surface area (Å²) in [6.07, 6.45) is 0. The van der Waals surface area contributed by atoms with Gasteiger partial charge in [-0.15, -0.1) is 0 Å². The Morgan fingerprint density at radius 3 is 2.33 bits per heavy atom. The number of ether oxygens (including phenoxy) is 1. The third-order valence-corrected chi connectivity index (χ3v) is 4.93. The van der Waals surface area contributed by atoms with Gasteiger partial charge in [0, 0.05) is 5.56 Å². The van der Waals surface area contributed by atoms with Crippen molar-refractivity contribution in [2.24, 2.45) is 0 Å². The fourth-order valence-electron chi connectivity index (χ4n) is 3.52. The van der Waals surface area contributed by atoms with E-state index in [2.05, 4.69) is 31.2 Å². The highest BCUT2D eigenvalue weighted by Crippen LogP contribution is 2.21. The summed E-state index contributed by atoms with van der Waals surface area (Å²) in [5, 5.41) is 10.1. The van der Waals surface area contributed by atoms with E-state index >= 15 is 0 Å². The molecule has 0 amide bonds. The second-order valence-electron chi connectivity index (χ2n) is 6.84. The van der Waals surface area contributed by atoms with Gasteiger partial charge >= 0.3 is 0 Å². The Bertz CT molecular complexity index is 679. The lowest BCUT2D eigenvalue weighted by Crippen LogP contribution is -3.27. The first-order chi connectivity index (χ1) is 11.6. The molecule has 1 saturated heterocycles. The van der Waals surface area contributed by atoms with Gasteiger partial charge in [-0.1, -0.05) is 29.8 Å². The van der Waals surface area contributed by atoms with E-state index in [0.29, 0.717) is 5.75 Å². The number of phenolic OH excluding ortho intramolecular Hbond substituents is 1. The summed E-state index contributed by atoms with van der Waals surface area (Å²) in [4.78, 5) is 3.19. The van der Waals surface area contributed by atoms with Crippen molar-refractivity contribution in [3.8, 4) is 11.5 Å². The van der Waals surface area contributed by atoms with Crippen LogP contribution in [-0.4, -0.2) is 38.4 Å². The number of benzene rings is 2. The summed E-state index contributed by atoms with van der Waals surface area (Å²) in [5.74, 6) is 1.18. The average molecular weight is 328 g/mol. The maximum atomic E-state index is 10.1. The van der Waals surface area contributed by atoms with Gasteiger partial charge in [0.2, 0.25) is 0 Å². The third kappa shape index (κ3) is 4.28. The van der Waals surface area contributed by atoms with Crippen molar-refractivity contribution in [3.05, 3.63) is 59.2 Å². The van der Waals surface area contributed by atoms with Crippen molar-refractivity contribution in [1.82, 2.24) is 0 Å². The number of phenols is 1. The lowest BCUT2D eigenvalue weighted by Gasteiger charge is -2.30. The second kappa shape index (κ2) is 7.69. The molecule has 3 N–H and O–H groups in total. The molecule has 1 fully saturated rings. The molecule has 0 saturated carbocycles. The van der Waals surface area contributed by atoms with E-state index in [1.54, 1.807) is 24.1 Å². The van der Waals surface area contributed by atoms with Gasteiger partial charge in [-0.25, -0.2) is 0 Å². The monoisotopic (exact) mass is 328 g/mol. The van der Waals surface area contributed by atoms with Crippen molar-refractivity contribution < 1.29 is 19.6 Å². The molecule has 2 aromatic carbocycles. The number of quaternary nitrogens is 2. The molecule has 0 atom stereocenters. The van der Waals surface area contributed by atoms with Gasteiger partial charge in [-0.05, 0) is 25.1 Å². The molecule has 1 aliphatic rings. The predicted octanol–water partition coefficient (Wildman–Crippen LogP) is 0.193. The Kier molecular flexibility index (Phi) is 5.38. The summed E-state index contributed by atoms with van der Waals surface area (Å²) in [6, 6.07) is 14.3. The molecule has 128 valence electrons. The normalized spacial score (nSPS) is 20.8. The van der Waals surface area contributed by atoms with E-state index in [1.807, 2.05) is 6.07 Å². The molecule has 4 nitrogen and oxygen atoms in total. The first-order valence-corrected chi connectivity index (χ1v) is 8.72. The van der Waals surface area contributed by atoms with E-state index in [4.69, 9.17) is 4.74 Å². The number of hydrogen-bond donors (Lipinski definition) is 3. The Hall–Kier alpha value is -2.04. The molecule has 2 aromatic rings. The van der Waals surface area contributed by atoms with Crippen molar-refractivity contribution >= 4 is 0 Å². The fraction of sp³-hybridized carbons (Fsp3) is 0.400.